The maximum absolute atomic E-state index is 12.7. The highest BCUT2D eigenvalue weighted by Gasteiger charge is 2.51. The maximum atomic E-state index is 12.7. The second-order valence-corrected chi connectivity index (χ2v) is 6.96. The molecule has 2 aromatic carbocycles. The zero-order valence-corrected chi connectivity index (χ0v) is 14.5. The van der Waals surface area contributed by atoms with Gasteiger partial charge in [0, 0.05) is 11.6 Å². The molecule has 0 saturated heterocycles. The molecule has 3 rings (SSSR count). The SMILES string of the molecule is O=C(O)C(CNC(=O)C1(c2cccc(Cl)c2)CC1)Cc1ccccc1. The first kappa shape index (κ1) is 17.5. The highest BCUT2D eigenvalue weighted by atomic mass is 35.5. The van der Waals surface area contributed by atoms with Crippen LogP contribution in [-0.2, 0) is 21.4 Å². The molecule has 0 aliphatic heterocycles. The average Bonchev–Trinajstić information content (AvgIpc) is 3.41. The Morgan fingerprint density at radius 2 is 1.84 bits per heavy atom. The zero-order chi connectivity index (χ0) is 17.9. The molecule has 1 saturated carbocycles. The van der Waals surface area contributed by atoms with Gasteiger partial charge in [-0.25, -0.2) is 0 Å². The van der Waals surface area contributed by atoms with Crippen LogP contribution in [-0.4, -0.2) is 23.5 Å². The molecule has 0 aromatic heterocycles. The van der Waals surface area contributed by atoms with E-state index in [2.05, 4.69) is 5.32 Å². The second-order valence-electron chi connectivity index (χ2n) is 6.53. The van der Waals surface area contributed by atoms with Crippen molar-refractivity contribution in [1.82, 2.24) is 5.32 Å². The first-order valence-electron chi connectivity index (χ1n) is 8.32. The van der Waals surface area contributed by atoms with Crippen molar-refractivity contribution in [3.8, 4) is 0 Å². The third-order valence-electron chi connectivity index (χ3n) is 4.75. The minimum atomic E-state index is -0.906. The summed E-state index contributed by atoms with van der Waals surface area (Å²) in [6, 6.07) is 16.8. The smallest absolute Gasteiger partial charge is 0.308 e. The van der Waals surface area contributed by atoms with E-state index in [1.54, 1.807) is 6.07 Å². The number of halogens is 1. The van der Waals surface area contributed by atoms with Crippen molar-refractivity contribution >= 4 is 23.5 Å². The summed E-state index contributed by atoms with van der Waals surface area (Å²) in [6.45, 7) is 0.116. The van der Waals surface area contributed by atoms with Crippen LogP contribution >= 0.6 is 11.6 Å². The van der Waals surface area contributed by atoms with E-state index >= 15 is 0 Å². The van der Waals surface area contributed by atoms with E-state index < -0.39 is 17.3 Å². The highest BCUT2D eigenvalue weighted by Crippen LogP contribution is 2.48. The number of amides is 1. The Labute approximate surface area is 151 Å². The van der Waals surface area contributed by atoms with Crippen LogP contribution in [0, 0.1) is 5.92 Å². The van der Waals surface area contributed by atoms with Gasteiger partial charge in [0.05, 0.1) is 11.3 Å². The summed E-state index contributed by atoms with van der Waals surface area (Å²) in [5, 5.41) is 12.9. The Morgan fingerprint density at radius 1 is 1.12 bits per heavy atom. The van der Waals surface area contributed by atoms with E-state index in [9.17, 15) is 14.7 Å². The quantitative estimate of drug-likeness (QED) is 0.797. The third kappa shape index (κ3) is 4.02. The van der Waals surface area contributed by atoms with E-state index in [1.165, 1.54) is 0 Å². The van der Waals surface area contributed by atoms with E-state index in [0.717, 1.165) is 24.0 Å². The molecule has 1 aliphatic carbocycles. The number of rotatable bonds is 7. The van der Waals surface area contributed by atoms with Crippen LogP contribution in [0.15, 0.2) is 54.6 Å². The van der Waals surface area contributed by atoms with Crippen molar-refractivity contribution < 1.29 is 14.7 Å². The van der Waals surface area contributed by atoms with Crippen molar-refractivity contribution in [3.05, 3.63) is 70.7 Å². The largest absolute Gasteiger partial charge is 0.481 e. The van der Waals surface area contributed by atoms with Gasteiger partial charge in [-0.05, 0) is 42.5 Å². The summed E-state index contributed by atoms with van der Waals surface area (Å²) in [7, 11) is 0. The van der Waals surface area contributed by atoms with Gasteiger partial charge in [0.2, 0.25) is 5.91 Å². The molecule has 1 atom stereocenters. The van der Waals surface area contributed by atoms with E-state index in [-0.39, 0.29) is 12.5 Å². The van der Waals surface area contributed by atoms with Crippen LogP contribution < -0.4 is 5.32 Å². The van der Waals surface area contributed by atoms with Gasteiger partial charge in [-0.1, -0.05) is 54.1 Å². The summed E-state index contributed by atoms with van der Waals surface area (Å²) in [4.78, 5) is 24.2. The lowest BCUT2D eigenvalue weighted by Crippen LogP contribution is -2.40. The second kappa shape index (κ2) is 7.28. The number of carbonyl (C=O) groups excluding carboxylic acids is 1. The topological polar surface area (TPSA) is 66.4 Å². The average molecular weight is 358 g/mol. The Kier molecular flexibility index (Phi) is 5.09. The minimum absolute atomic E-state index is 0.116. The highest BCUT2D eigenvalue weighted by molar-refractivity contribution is 6.30. The van der Waals surface area contributed by atoms with Crippen molar-refractivity contribution in [2.45, 2.75) is 24.7 Å². The van der Waals surface area contributed by atoms with Gasteiger partial charge < -0.3 is 10.4 Å². The van der Waals surface area contributed by atoms with E-state index in [4.69, 9.17) is 11.6 Å². The summed E-state index contributed by atoms with van der Waals surface area (Å²) in [6.07, 6.45) is 1.91. The van der Waals surface area contributed by atoms with Crippen molar-refractivity contribution in [2.75, 3.05) is 6.54 Å². The van der Waals surface area contributed by atoms with Gasteiger partial charge in [-0.3, -0.25) is 9.59 Å². The van der Waals surface area contributed by atoms with Crippen molar-refractivity contribution in [1.29, 1.82) is 0 Å². The van der Waals surface area contributed by atoms with E-state index in [1.807, 2.05) is 48.5 Å². The fourth-order valence-electron chi connectivity index (χ4n) is 3.09. The fraction of sp³-hybridized carbons (Fsp3) is 0.300. The maximum Gasteiger partial charge on any atom is 0.308 e. The standard InChI is InChI=1S/C20H20ClNO3/c21-17-8-4-7-16(12-17)20(9-10-20)19(25)22-13-15(18(23)24)11-14-5-2-1-3-6-14/h1-8,12,15H,9-11,13H2,(H,22,25)(H,23,24). The molecule has 0 bridgehead atoms. The molecule has 1 aliphatic rings. The van der Waals surface area contributed by atoms with Crippen LogP contribution in [0.2, 0.25) is 5.02 Å². The number of benzene rings is 2. The monoisotopic (exact) mass is 357 g/mol. The van der Waals surface area contributed by atoms with Crippen LogP contribution in [0.5, 0.6) is 0 Å². The molecule has 1 unspecified atom stereocenters. The number of carbonyl (C=O) groups is 2. The molecule has 25 heavy (non-hydrogen) atoms. The van der Waals surface area contributed by atoms with Gasteiger partial charge in [0.25, 0.3) is 0 Å². The molecule has 0 radical (unpaired) electrons. The normalized spacial score (nSPS) is 16.0. The molecular formula is C20H20ClNO3. The molecule has 0 spiro atoms. The van der Waals surface area contributed by atoms with Crippen molar-refractivity contribution in [3.63, 3.8) is 0 Å². The van der Waals surface area contributed by atoms with Crippen LogP contribution in [0.4, 0.5) is 0 Å². The third-order valence-corrected chi connectivity index (χ3v) is 4.98. The summed E-state index contributed by atoms with van der Waals surface area (Å²) in [5.74, 6) is -1.67. The van der Waals surface area contributed by atoms with Gasteiger partial charge in [0.15, 0.2) is 0 Å². The van der Waals surface area contributed by atoms with Crippen LogP contribution in [0.3, 0.4) is 0 Å². The Hall–Kier alpha value is -2.33. The number of hydrogen-bond donors (Lipinski definition) is 2. The molecule has 130 valence electrons. The number of carboxylic acids is 1. The lowest BCUT2D eigenvalue weighted by Gasteiger charge is -2.19. The first-order chi connectivity index (χ1) is 12.0. The van der Waals surface area contributed by atoms with Crippen LogP contribution in [0.1, 0.15) is 24.0 Å². The predicted octanol–water partition coefficient (Wildman–Crippen LogP) is 3.43. The lowest BCUT2D eigenvalue weighted by atomic mass is 9.94. The molecule has 4 nitrogen and oxygen atoms in total. The predicted molar refractivity (Wildman–Crippen MR) is 96.6 cm³/mol. The summed E-state index contributed by atoms with van der Waals surface area (Å²) in [5.41, 5.74) is 1.29. The van der Waals surface area contributed by atoms with Crippen molar-refractivity contribution in [2.24, 2.45) is 5.92 Å². The van der Waals surface area contributed by atoms with E-state index in [0.29, 0.717) is 11.4 Å². The molecule has 0 heterocycles. The summed E-state index contributed by atoms with van der Waals surface area (Å²) >= 11 is 6.03. The number of aliphatic carboxylic acids is 1. The van der Waals surface area contributed by atoms with Gasteiger partial charge in [-0.2, -0.15) is 0 Å². The van der Waals surface area contributed by atoms with Gasteiger partial charge in [0.1, 0.15) is 0 Å². The summed E-state index contributed by atoms with van der Waals surface area (Å²) < 4.78 is 0. The molecule has 2 aromatic rings. The number of nitrogens with one attached hydrogen (secondary N) is 1. The van der Waals surface area contributed by atoms with Gasteiger partial charge >= 0.3 is 5.97 Å². The lowest BCUT2D eigenvalue weighted by molar-refractivity contribution is -0.141. The minimum Gasteiger partial charge on any atom is -0.481 e. The number of carboxylic acid groups (broad SMARTS) is 1. The molecular weight excluding hydrogens is 338 g/mol. The fourth-order valence-corrected chi connectivity index (χ4v) is 3.28. The molecule has 2 N–H and O–H groups in total. The Balaban J connectivity index is 1.65. The molecule has 5 heteroatoms. The Bertz CT molecular complexity index is 772. The zero-order valence-electron chi connectivity index (χ0n) is 13.7. The molecule has 1 fully saturated rings. The first-order valence-corrected chi connectivity index (χ1v) is 8.70. The van der Waals surface area contributed by atoms with Gasteiger partial charge in [-0.15, -0.1) is 0 Å². The van der Waals surface area contributed by atoms with Crippen LogP contribution in [0.25, 0.3) is 0 Å². The number of hydrogen-bond acceptors (Lipinski definition) is 2. The Morgan fingerprint density at radius 3 is 2.44 bits per heavy atom. The molecule has 1 amide bonds.